The Morgan fingerprint density at radius 2 is 1.50 bits per heavy atom. The molecule has 0 amide bonds. The Kier molecular flexibility index (Phi) is 11.6. The van der Waals surface area contributed by atoms with Crippen LogP contribution < -0.4 is 15.4 Å². The van der Waals surface area contributed by atoms with Crippen LogP contribution in [-0.4, -0.2) is 19.6 Å². The van der Waals surface area contributed by atoms with Crippen LogP contribution in [0.4, 0.5) is 0 Å². The van der Waals surface area contributed by atoms with Crippen molar-refractivity contribution in [2.75, 3.05) is 19.6 Å². The minimum absolute atomic E-state index is 0. The fraction of sp³-hybridized carbons (Fsp3) is 0.304. The van der Waals surface area contributed by atoms with Crippen molar-refractivity contribution in [1.82, 2.24) is 10.6 Å². The lowest BCUT2D eigenvalue weighted by atomic mass is 10.0. The maximum Gasteiger partial charge on any atom is 0.124 e. The van der Waals surface area contributed by atoms with E-state index < -0.39 is 0 Å². The lowest BCUT2D eigenvalue weighted by Crippen LogP contribution is -2.21. The summed E-state index contributed by atoms with van der Waals surface area (Å²) in [7, 11) is 0. The third-order valence-corrected chi connectivity index (χ3v) is 4.49. The molecule has 0 fully saturated rings. The van der Waals surface area contributed by atoms with Crippen LogP contribution in [0.25, 0.3) is 10.8 Å². The van der Waals surface area contributed by atoms with Crippen molar-refractivity contribution in [3.05, 3.63) is 77.9 Å². The third kappa shape index (κ3) is 6.99. The summed E-state index contributed by atoms with van der Waals surface area (Å²) in [6, 6.07) is 23.1. The van der Waals surface area contributed by atoms with Crippen molar-refractivity contribution in [1.29, 1.82) is 0 Å². The van der Waals surface area contributed by atoms with E-state index >= 15 is 0 Å². The topological polar surface area (TPSA) is 33.3 Å². The Balaban J connectivity index is 0.00000196. The van der Waals surface area contributed by atoms with E-state index in [1.807, 2.05) is 18.2 Å². The maximum absolute atomic E-state index is 6.17. The molecule has 2 N–H and O–H groups in total. The molecule has 0 spiro atoms. The molecular weight excluding hydrogens is 391 g/mol. The molecule has 0 aliphatic carbocycles. The minimum atomic E-state index is 0. The lowest BCUT2D eigenvalue weighted by Gasteiger charge is -2.15. The van der Waals surface area contributed by atoms with Crippen LogP contribution in [0.5, 0.6) is 5.75 Å². The van der Waals surface area contributed by atoms with Gasteiger partial charge < -0.3 is 15.4 Å². The average Bonchev–Trinajstić information content (AvgIpc) is 2.70. The van der Waals surface area contributed by atoms with Crippen LogP contribution in [0.3, 0.4) is 0 Å². The van der Waals surface area contributed by atoms with Crippen LogP contribution in [0, 0.1) is 0 Å². The maximum atomic E-state index is 6.17. The molecule has 5 heteroatoms. The zero-order valence-corrected chi connectivity index (χ0v) is 18.0. The summed E-state index contributed by atoms with van der Waals surface area (Å²) >= 11 is 0. The second kappa shape index (κ2) is 13.4. The zero-order chi connectivity index (χ0) is 18.0. The van der Waals surface area contributed by atoms with Crippen LogP contribution in [0.1, 0.15) is 24.5 Å². The van der Waals surface area contributed by atoms with E-state index in [4.69, 9.17) is 4.74 Å². The van der Waals surface area contributed by atoms with Gasteiger partial charge in [-0.1, -0.05) is 67.6 Å². The number of fused-ring (bicyclic) bond motifs is 1. The molecule has 152 valence electrons. The lowest BCUT2D eigenvalue weighted by molar-refractivity contribution is 0.302. The van der Waals surface area contributed by atoms with E-state index in [9.17, 15) is 0 Å². The van der Waals surface area contributed by atoms with Crippen molar-refractivity contribution in [3.8, 4) is 5.75 Å². The molecule has 0 aliphatic rings. The molecule has 0 unspecified atom stereocenters. The Morgan fingerprint density at radius 1 is 0.786 bits per heavy atom. The Bertz CT molecular complexity index is 812. The van der Waals surface area contributed by atoms with Crippen molar-refractivity contribution in [2.45, 2.75) is 26.5 Å². The summed E-state index contributed by atoms with van der Waals surface area (Å²) in [5.41, 5.74) is 2.42. The standard InChI is InChI=1S/C23H28N2O.2ClH/c1-2-24-15-8-16-25-17-22-21-12-7-6-11-20(21)13-14-23(22)26-18-19-9-4-3-5-10-19;;/h3-7,9-14,24-25H,2,8,15-18H2,1H3;2*1H. The van der Waals surface area contributed by atoms with Crippen molar-refractivity contribution in [3.63, 3.8) is 0 Å². The van der Waals surface area contributed by atoms with Crippen LogP contribution >= 0.6 is 24.8 Å². The highest BCUT2D eigenvalue weighted by Gasteiger charge is 2.09. The molecule has 0 radical (unpaired) electrons. The first kappa shape index (κ1) is 24.3. The average molecular weight is 421 g/mol. The zero-order valence-electron chi connectivity index (χ0n) is 16.3. The SMILES string of the molecule is CCNCCCNCc1c(OCc2ccccc2)ccc2ccccc12.Cl.Cl. The van der Waals surface area contributed by atoms with Crippen LogP contribution in [0.2, 0.25) is 0 Å². The number of hydrogen-bond acceptors (Lipinski definition) is 3. The molecule has 3 aromatic carbocycles. The Morgan fingerprint density at radius 3 is 2.29 bits per heavy atom. The number of nitrogens with one attached hydrogen (secondary N) is 2. The fourth-order valence-corrected chi connectivity index (χ4v) is 3.10. The molecule has 0 bridgehead atoms. The van der Waals surface area contributed by atoms with E-state index in [1.54, 1.807) is 0 Å². The molecule has 28 heavy (non-hydrogen) atoms. The normalized spacial score (nSPS) is 10.2. The van der Waals surface area contributed by atoms with E-state index in [2.05, 4.69) is 66.1 Å². The van der Waals surface area contributed by atoms with E-state index in [1.165, 1.54) is 21.9 Å². The van der Waals surface area contributed by atoms with Gasteiger partial charge in [-0.3, -0.25) is 0 Å². The fourth-order valence-electron chi connectivity index (χ4n) is 3.10. The summed E-state index contributed by atoms with van der Waals surface area (Å²) in [5, 5.41) is 9.45. The molecule has 0 aliphatic heterocycles. The van der Waals surface area contributed by atoms with E-state index in [-0.39, 0.29) is 24.8 Å². The summed E-state index contributed by atoms with van der Waals surface area (Å²) in [6.07, 6.45) is 1.12. The van der Waals surface area contributed by atoms with Gasteiger partial charge >= 0.3 is 0 Å². The predicted molar refractivity (Wildman–Crippen MR) is 124 cm³/mol. The largest absolute Gasteiger partial charge is 0.489 e. The first-order valence-electron chi connectivity index (χ1n) is 9.47. The summed E-state index contributed by atoms with van der Waals surface area (Å²) < 4.78 is 6.17. The van der Waals surface area contributed by atoms with Gasteiger partial charge in [-0.25, -0.2) is 0 Å². The summed E-state index contributed by atoms with van der Waals surface area (Å²) in [6.45, 7) is 6.62. The number of halogens is 2. The molecule has 0 saturated carbocycles. The molecule has 0 atom stereocenters. The highest BCUT2D eigenvalue weighted by Crippen LogP contribution is 2.28. The van der Waals surface area contributed by atoms with Gasteiger partial charge in [-0.15, -0.1) is 24.8 Å². The number of ether oxygens (including phenoxy) is 1. The number of rotatable bonds is 10. The third-order valence-electron chi connectivity index (χ3n) is 4.49. The van der Waals surface area contributed by atoms with Gasteiger partial charge in [0, 0.05) is 12.1 Å². The quantitative estimate of drug-likeness (QED) is 0.433. The predicted octanol–water partition coefficient (Wildman–Crippen LogP) is 5.35. The van der Waals surface area contributed by atoms with Crippen molar-refractivity contribution < 1.29 is 4.74 Å². The van der Waals surface area contributed by atoms with Crippen LogP contribution in [0.15, 0.2) is 66.7 Å². The summed E-state index contributed by atoms with van der Waals surface area (Å²) in [5.74, 6) is 0.965. The van der Waals surface area contributed by atoms with Gasteiger partial charge in [0.05, 0.1) is 0 Å². The number of benzene rings is 3. The summed E-state index contributed by atoms with van der Waals surface area (Å²) in [4.78, 5) is 0. The van der Waals surface area contributed by atoms with Crippen LogP contribution in [-0.2, 0) is 13.2 Å². The monoisotopic (exact) mass is 420 g/mol. The van der Waals surface area contributed by atoms with Crippen molar-refractivity contribution >= 4 is 35.6 Å². The first-order valence-corrected chi connectivity index (χ1v) is 9.47. The Labute approximate surface area is 180 Å². The van der Waals surface area contributed by atoms with Gasteiger partial charge in [0.2, 0.25) is 0 Å². The highest BCUT2D eigenvalue weighted by molar-refractivity contribution is 5.87. The number of hydrogen-bond donors (Lipinski definition) is 2. The smallest absolute Gasteiger partial charge is 0.124 e. The van der Waals surface area contributed by atoms with Gasteiger partial charge in [0.25, 0.3) is 0 Å². The van der Waals surface area contributed by atoms with Crippen molar-refractivity contribution in [2.24, 2.45) is 0 Å². The minimum Gasteiger partial charge on any atom is -0.489 e. The highest BCUT2D eigenvalue weighted by atomic mass is 35.5. The van der Waals surface area contributed by atoms with E-state index in [0.29, 0.717) is 6.61 Å². The molecule has 0 heterocycles. The van der Waals surface area contributed by atoms with Gasteiger partial charge in [-0.05, 0) is 48.5 Å². The molecule has 0 aromatic heterocycles. The molecule has 3 aromatic rings. The second-order valence-corrected chi connectivity index (χ2v) is 6.42. The molecule has 3 rings (SSSR count). The van der Waals surface area contributed by atoms with E-state index in [0.717, 1.165) is 38.3 Å². The second-order valence-electron chi connectivity index (χ2n) is 6.42. The Hall–Kier alpha value is -1.78. The van der Waals surface area contributed by atoms with Gasteiger partial charge in [-0.2, -0.15) is 0 Å². The molecular formula is C23H30Cl2N2O. The van der Waals surface area contributed by atoms with Gasteiger partial charge in [0.15, 0.2) is 0 Å². The van der Waals surface area contributed by atoms with Gasteiger partial charge in [0.1, 0.15) is 12.4 Å². The molecule has 0 saturated heterocycles. The molecule has 3 nitrogen and oxygen atoms in total. The first-order chi connectivity index (χ1) is 12.9.